The lowest BCUT2D eigenvalue weighted by Crippen LogP contribution is -2.11. The van der Waals surface area contributed by atoms with Gasteiger partial charge in [-0.3, -0.25) is 4.79 Å². The first kappa shape index (κ1) is 10.6. The third-order valence-corrected chi connectivity index (χ3v) is 2.72. The number of Topliss-reactive ketones (excluding diaryl/α,β-unsaturated/α-hetero) is 1. The molecule has 1 aromatic carbocycles. The largest absolute Gasteiger partial charge is 0.493 e. The molecule has 0 unspecified atom stereocenters. The highest BCUT2D eigenvalue weighted by molar-refractivity contribution is 6.05. The van der Waals surface area contributed by atoms with E-state index in [9.17, 15) is 9.70 Å². The van der Waals surface area contributed by atoms with Gasteiger partial charge in [-0.15, -0.1) is 0 Å². The SMILES string of the molecule is COc1cc2c(cc1OC)C(=O)[C@H](N=O)C2. The predicted molar refractivity (Wildman–Crippen MR) is 57.2 cm³/mol. The summed E-state index contributed by atoms with van der Waals surface area (Å²) < 4.78 is 10.2. The summed E-state index contributed by atoms with van der Waals surface area (Å²) in [5.74, 6) is 0.799. The zero-order valence-corrected chi connectivity index (χ0v) is 9.02. The van der Waals surface area contributed by atoms with Crippen molar-refractivity contribution in [2.24, 2.45) is 5.18 Å². The van der Waals surface area contributed by atoms with Crippen molar-refractivity contribution in [3.8, 4) is 11.5 Å². The van der Waals surface area contributed by atoms with Crippen molar-refractivity contribution < 1.29 is 14.3 Å². The molecule has 16 heavy (non-hydrogen) atoms. The van der Waals surface area contributed by atoms with Crippen LogP contribution in [0.25, 0.3) is 0 Å². The topological polar surface area (TPSA) is 65.0 Å². The Morgan fingerprint density at radius 2 is 1.88 bits per heavy atom. The molecule has 0 spiro atoms. The second-order valence-corrected chi connectivity index (χ2v) is 3.55. The molecule has 1 aromatic rings. The van der Waals surface area contributed by atoms with Crippen LogP contribution in [0.2, 0.25) is 0 Å². The number of rotatable bonds is 3. The molecule has 2 rings (SSSR count). The summed E-state index contributed by atoms with van der Waals surface area (Å²) in [6.07, 6.45) is 0.345. The Kier molecular flexibility index (Phi) is 2.60. The molecule has 84 valence electrons. The maximum absolute atomic E-state index is 11.7. The highest BCUT2D eigenvalue weighted by Gasteiger charge is 2.32. The van der Waals surface area contributed by atoms with Crippen LogP contribution in [0, 0.1) is 4.91 Å². The highest BCUT2D eigenvalue weighted by Crippen LogP contribution is 2.35. The summed E-state index contributed by atoms with van der Waals surface area (Å²) in [6.45, 7) is 0. The molecule has 0 fully saturated rings. The summed E-state index contributed by atoms with van der Waals surface area (Å²) in [6, 6.07) is 2.52. The molecule has 0 saturated heterocycles. The molecular weight excluding hydrogens is 210 g/mol. The summed E-state index contributed by atoms with van der Waals surface area (Å²) >= 11 is 0. The highest BCUT2D eigenvalue weighted by atomic mass is 16.5. The molecule has 0 saturated carbocycles. The van der Waals surface area contributed by atoms with Gasteiger partial charge in [-0.1, -0.05) is 5.18 Å². The Morgan fingerprint density at radius 3 is 2.44 bits per heavy atom. The summed E-state index contributed by atoms with van der Waals surface area (Å²) in [5.41, 5.74) is 1.29. The number of hydrogen-bond acceptors (Lipinski definition) is 5. The minimum Gasteiger partial charge on any atom is -0.493 e. The van der Waals surface area contributed by atoms with Gasteiger partial charge in [0.25, 0.3) is 0 Å². The van der Waals surface area contributed by atoms with E-state index in [0.717, 1.165) is 5.56 Å². The molecule has 0 aromatic heterocycles. The number of fused-ring (bicyclic) bond motifs is 1. The van der Waals surface area contributed by atoms with Crippen molar-refractivity contribution in [3.05, 3.63) is 28.2 Å². The standard InChI is InChI=1S/C11H11NO4/c1-15-9-4-6-3-8(12-14)11(13)7(6)5-10(9)16-2/h4-5,8H,3H2,1-2H3/t8-/m1/s1. The van der Waals surface area contributed by atoms with Gasteiger partial charge >= 0.3 is 0 Å². The molecule has 0 amide bonds. The number of methoxy groups -OCH3 is 2. The maximum atomic E-state index is 11.7. The van der Waals surface area contributed by atoms with E-state index in [-0.39, 0.29) is 5.78 Å². The zero-order valence-electron chi connectivity index (χ0n) is 9.02. The molecule has 1 atom stereocenters. The Balaban J connectivity index is 2.51. The number of nitroso groups, excluding NO2 is 1. The maximum Gasteiger partial charge on any atom is 0.191 e. The van der Waals surface area contributed by atoms with Crippen molar-refractivity contribution >= 4 is 5.78 Å². The van der Waals surface area contributed by atoms with Gasteiger partial charge in [-0.25, -0.2) is 0 Å². The first-order valence-corrected chi connectivity index (χ1v) is 4.82. The molecule has 0 radical (unpaired) electrons. The van der Waals surface area contributed by atoms with Crippen LogP contribution >= 0.6 is 0 Å². The van der Waals surface area contributed by atoms with E-state index in [1.807, 2.05) is 0 Å². The van der Waals surface area contributed by atoms with E-state index in [2.05, 4.69) is 5.18 Å². The average Bonchev–Trinajstić information content (AvgIpc) is 2.63. The molecular formula is C11H11NO4. The van der Waals surface area contributed by atoms with Crippen LogP contribution in [0.3, 0.4) is 0 Å². The van der Waals surface area contributed by atoms with Crippen LogP contribution in [-0.4, -0.2) is 26.0 Å². The van der Waals surface area contributed by atoms with Crippen molar-refractivity contribution in [1.82, 2.24) is 0 Å². The Labute approximate surface area is 92.3 Å². The lowest BCUT2D eigenvalue weighted by atomic mass is 10.1. The van der Waals surface area contributed by atoms with Crippen LogP contribution in [0.4, 0.5) is 0 Å². The van der Waals surface area contributed by atoms with Crippen molar-refractivity contribution in [2.75, 3.05) is 14.2 Å². The molecule has 0 heterocycles. The number of ketones is 1. The second kappa shape index (κ2) is 3.92. The van der Waals surface area contributed by atoms with Gasteiger partial charge in [0.15, 0.2) is 23.3 Å². The fraction of sp³-hybridized carbons (Fsp3) is 0.364. The summed E-state index contributed by atoms with van der Waals surface area (Å²) in [5, 5.41) is 2.81. The lowest BCUT2D eigenvalue weighted by molar-refractivity contribution is 0.0975. The van der Waals surface area contributed by atoms with Crippen molar-refractivity contribution in [3.63, 3.8) is 0 Å². The number of hydrogen-bond donors (Lipinski definition) is 0. The molecule has 5 nitrogen and oxygen atoms in total. The molecule has 0 bridgehead atoms. The fourth-order valence-corrected chi connectivity index (χ4v) is 1.88. The van der Waals surface area contributed by atoms with Gasteiger partial charge in [0.2, 0.25) is 0 Å². The van der Waals surface area contributed by atoms with E-state index in [0.29, 0.717) is 23.5 Å². The predicted octanol–water partition coefficient (Wildman–Crippen LogP) is 1.58. The fourth-order valence-electron chi connectivity index (χ4n) is 1.88. The van der Waals surface area contributed by atoms with Gasteiger partial charge in [-0.2, -0.15) is 4.91 Å². The number of benzene rings is 1. The van der Waals surface area contributed by atoms with Crippen LogP contribution in [0.1, 0.15) is 15.9 Å². The smallest absolute Gasteiger partial charge is 0.191 e. The third-order valence-electron chi connectivity index (χ3n) is 2.72. The molecule has 0 N–H and O–H groups in total. The lowest BCUT2D eigenvalue weighted by Gasteiger charge is -2.08. The monoisotopic (exact) mass is 221 g/mol. The third kappa shape index (κ3) is 1.44. The van der Waals surface area contributed by atoms with E-state index in [4.69, 9.17) is 9.47 Å². The Bertz CT molecular complexity index is 456. The summed E-state index contributed by atoms with van der Waals surface area (Å²) in [4.78, 5) is 22.2. The van der Waals surface area contributed by atoms with Gasteiger partial charge in [0, 0.05) is 12.0 Å². The van der Waals surface area contributed by atoms with Gasteiger partial charge < -0.3 is 9.47 Å². The zero-order chi connectivity index (χ0) is 11.7. The van der Waals surface area contributed by atoms with Crippen LogP contribution in [0.5, 0.6) is 11.5 Å². The van der Waals surface area contributed by atoms with Crippen LogP contribution in [-0.2, 0) is 6.42 Å². The first-order valence-electron chi connectivity index (χ1n) is 4.82. The van der Waals surface area contributed by atoms with E-state index < -0.39 is 6.04 Å². The number of nitrogens with zero attached hydrogens (tertiary/aromatic N) is 1. The normalized spacial score (nSPS) is 18.1. The number of carbonyl (C=O) groups is 1. The molecule has 0 aliphatic heterocycles. The van der Waals surface area contributed by atoms with Crippen LogP contribution in [0.15, 0.2) is 17.3 Å². The quantitative estimate of drug-likeness (QED) is 0.727. The van der Waals surface area contributed by atoms with Crippen molar-refractivity contribution in [2.45, 2.75) is 12.5 Å². The van der Waals surface area contributed by atoms with Gasteiger partial charge in [-0.05, 0) is 17.7 Å². The van der Waals surface area contributed by atoms with E-state index in [1.54, 1.807) is 12.1 Å². The number of carbonyl (C=O) groups excluding carboxylic acids is 1. The minimum atomic E-state index is -0.799. The summed E-state index contributed by atoms with van der Waals surface area (Å²) in [7, 11) is 3.02. The van der Waals surface area contributed by atoms with Gasteiger partial charge in [0.05, 0.1) is 14.2 Å². The Morgan fingerprint density at radius 1 is 1.25 bits per heavy atom. The second-order valence-electron chi connectivity index (χ2n) is 3.55. The van der Waals surface area contributed by atoms with E-state index in [1.165, 1.54) is 14.2 Å². The van der Waals surface area contributed by atoms with E-state index >= 15 is 0 Å². The van der Waals surface area contributed by atoms with Crippen molar-refractivity contribution in [1.29, 1.82) is 0 Å². The minimum absolute atomic E-state index is 0.244. The molecule has 1 aliphatic rings. The average molecular weight is 221 g/mol. The Hall–Kier alpha value is -1.91. The molecule has 5 heteroatoms. The van der Waals surface area contributed by atoms with Gasteiger partial charge in [0.1, 0.15) is 0 Å². The van der Waals surface area contributed by atoms with Crippen LogP contribution < -0.4 is 9.47 Å². The number of ether oxygens (including phenoxy) is 2. The first-order chi connectivity index (χ1) is 7.71. The molecule has 1 aliphatic carbocycles.